The molecule has 3 heteroatoms. The van der Waals surface area contributed by atoms with Crippen molar-refractivity contribution < 1.29 is 4.79 Å². The smallest absolute Gasteiger partial charge is 0.225 e. The zero-order chi connectivity index (χ0) is 12.3. The Kier molecular flexibility index (Phi) is 3.67. The van der Waals surface area contributed by atoms with Crippen LogP contribution in [0.4, 0.5) is 5.69 Å². The zero-order valence-corrected chi connectivity index (χ0v) is 10.4. The normalized spacial score (nSPS) is 15.4. The third-order valence-corrected chi connectivity index (χ3v) is 3.56. The van der Waals surface area contributed by atoms with Gasteiger partial charge in [-0.3, -0.25) is 4.79 Å². The van der Waals surface area contributed by atoms with Crippen molar-refractivity contribution in [2.24, 2.45) is 5.92 Å². The average Bonchev–Trinajstić information content (AvgIpc) is 2.25. The van der Waals surface area contributed by atoms with E-state index in [9.17, 15) is 4.79 Å². The van der Waals surface area contributed by atoms with E-state index in [4.69, 9.17) is 5.73 Å². The number of carbonyl (C=O) groups excluding carboxylic acids is 1. The number of anilines is 1. The van der Waals surface area contributed by atoms with E-state index in [0.29, 0.717) is 12.5 Å². The SMILES string of the molecule is CCN(Cc1ccccc1N)C(=O)C1CCC1. The van der Waals surface area contributed by atoms with E-state index in [1.807, 2.05) is 36.1 Å². The molecule has 1 aromatic carbocycles. The second-order valence-corrected chi connectivity index (χ2v) is 4.68. The predicted molar refractivity (Wildman–Crippen MR) is 69.3 cm³/mol. The zero-order valence-electron chi connectivity index (χ0n) is 10.4. The number of hydrogen-bond acceptors (Lipinski definition) is 2. The van der Waals surface area contributed by atoms with Gasteiger partial charge in [0.05, 0.1) is 0 Å². The van der Waals surface area contributed by atoms with Gasteiger partial charge < -0.3 is 10.6 Å². The van der Waals surface area contributed by atoms with E-state index in [1.165, 1.54) is 6.42 Å². The number of rotatable bonds is 4. The highest BCUT2D eigenvalue weighted by molar-refractivity contribution is 5.79. The lowest BCUT2D eigenvalue weighted by Crippen LogP contribution is -2.38. The Morgan fingerprint density at radius 1 is 1.41 bits per heavy atom. The maximum atomic E-state index is 12.2. The largest absolute Gasteiger partial charge is 0.398 e. The number of hydrogen-bond donors (Lipinski definition) is 1. The van der Waals surface area contributed by atoms with Crippen molar-refractivity contribution in [2.75, 3.05) is 12.3 Å². The molecule has 2 N–H and O–H groups in total. The fourth-order valence-corrected chi connectivity index (χ4v) is 2.14. The summed E-state index contributed by atoms with van der Waals surface area (Å²) in [5.74, 6) is 0.557. The summed E-state index contributed by atoms with van der Waals surface area (Å²) in [4.78, 5) is 14.1. The van der Waals surface area contributed by atoms with Gasteiger partial charge in [0.1, 0.15) is 0 Å². The van der Waals surface area contributed by atoms with Crippen molar-refractivity contribution in [3.05, 3.63) is 29.8 Å². The monoisotopic (exact) mass is 232 g/mol. The Labute approximate surface area is 103 Å². The van der Waals surface area contributed by atoms with Crippen molar-refractivity contribution in [2.45, 2.75) is 32.7 Å². The molecule has 0 aromatic heterocycles. The molecule has 3 nitrogen and oxygen atoms in total. The molecule has 0 atom stereocenters. The molecule has 1 saturated carbocycles. The van der Waals surface area contributed by atoms with Gasteiger partial charge in [0, 0.05) is 24.7 Å². The van der Waals surface area contributed by atoms with Crippen molar-refractivity contribution in [3.63, 3.8) is 0 Å². The molecule has 0 radical (unpaired) electrons. The summed E-state index contributed by atoms with van der Waals surface area (Å²) in [5, 5.41) is 0. The van der Waals surface area contributed by atoms with Gasteiger partial charge in [-0.15, -0.1) is 0 Å². The highest BCUT2D eigenvalue weighted by atomic mass is 16.2. The molecule has 0 heterocycles. The standard InChI is InChI=1S/C14H20N2O/c1-2-16(14(17)11-7-5-8-11)10-12-6-3-4-9-13(12)15/h3-4,6,9,11H,2,5,7-8,10,15H2,1H3. The molecule has 1 fully saturated rings. The second-order valence-electron chi connectivity index (χ2n) is 4.68. The summed E-state index contributed by atoms with van der Waals surface area (Å²) in [7, 11) is 0. The van der Waals surface area contributed by atoms with Gasteiger partial charge in [-0.25, -0.2) is 0 Å². The molecule has 1 aliphatic carbocycles. The second kappa shape index (κ2) is 5.21. The number of benzene rings is 1. The first-order chi connectivity index (χ1) is 8.22. The Bertz CT molecular complexity index is 399. The molecule has 1 aromatic rings. The summed E-state index contributed by atoms with van der Waals surface area (Å²) in [6, 6.07) is 7.76. The minimum absolute atomic E-state index is 0.264. The number of para-hydroxylation sites is 1. The summed E-state index contributed by atoms with van der Waals surface area (Å²) in [5.41, 5.74) is 7.72. The summed E-state index contributed by atoms with van der Waals surface area (Å²) in [6.45, 7) is 3.41. The van der Waals surface area contributed by atoms with Gasteiger partial charge in [0.2, 0.25) is 5.91 Å². The van der Waals surface area contributed by atoms with Crippen LogP contribution >= 0.6 is 0 Å². The van der Waals surface area contributed by atoms with E-state index in [1.54, 1.807) is 0 Å². The number of nitrogens with two attached hydrogens (primary N) is 1. The molecule has 0 spiro atoms. The van der Waals surface area contributed by atoms with Crippen LogP contribution in [0.1, 0.15) is 31.7 Å². The Morgan fingerprint density at radius 2 is 2.12 bits per heavy atom. The quantitative estimate of drug-likeness (QED) is 0.810. The minimum atomic E-state index is 0.264. The van der Waals surface area contributed by atoms with E-state index in [0.717, 1.165) is 30.6 Å². The van der Waals surface area contributed by atoms with Crippen LogP contribution in [0.3, 0.4) is 0 Å². The maximum Gasteiger partial charge on any atom is 0.225 e. The molecule has 1 amide bonds. The first kappa shape index (κ1) is 12.0. The molecule has 92 valence electrons. The molecule has 0 aliphatic heterocycles. The van der Waals surface area contributed by atoms with Gasteiger partial charge in [0.15, 0.2) is 0 Å². The summed E-state index contributed by atoms with van der Waals surface area (Å²) < 4.78 is 0. The molecule has 1 aliphatic rings. The Morgan fingerprint density at radius 3 is 2.65 bits per heavy atom. The van der Waals surface area contributed by atoms with Crippen LogP contribution in [0.5, 0.6) is 0 Å². The van der Waals surface area contributed by atoms with Crippen LogP contribution in [0.15, 0.2) is 24.3 Å². The van der Waals surface area contributed by atoms with Gasteiger partial charge >= 0.3 is 0 Å². The lowest BCUT2D eigenvalue weighted by molar-refractivity contribution is -0.138. The van der Waals surface area contributed by atoms with E-state index in [2.05, 4.69) is 0 Å². The highest BCUT2D eigenvalue weighted by Crippen LogP contribution is 2.29. The maximum absolute atomic E-state index is 12.2. The topological polar surface area (TPSA) is 46.3 Å². The van der Waals surface area contributed by atoms with Crippen LogP contribution < -0.4 is 5.73 Å². The van der Waals surface area contributed by atoms with Crippen LogP contribution in [0.2, 0.25) is 0 Å². The van der Waals surface area contributed by atoms with Crippen LogP contribution in [0, 0.1) is 5.92 Å². The predicted octanol–water partition coefficient (Wildman–Crippen LogP) is 2.42. The van der Waals surface area contributed by atoms with E-state index >= 15 is 0 Å². The molecule has 0 bridgehead atoms. The lowest BCUT2D eigenvalue weighted by Gasteiger charge is -2.31. The first-order valence-corrected chi connectivity index (χ1v) is 6.34. The average molecular weight is 232 g/mol. The fraction of sp³-hybridized carbons (Fsp3) is 0.500. The van der Waals surface area contributed by atoms with Gasteiger partial charge in [-0.2, -0.15) is 0 Å². The third-order valence-electron chi connectivity index (χ3n) is 3.56. The van der Waals surface area contributed by atoms with Crippen molar-refractivity contribution in [1.82, 2.24) is 4.90 Å². The van der Waals surface area contributed by atoms with E-state index in [-0.39, 0.29) is 5.92 Å². The van der Waals surface area contributed by atoms with Crippen LogP contribution in [-0.4, -0.2) is 17.4 Å². The third kappa shape index (κ3) is 2.60. The Balaban J connectivity index is 2.04. The van der Waals surface area contributed by atoms with Crippen LogP contribution in [-0.2, 0) is 11.3 Å². The molecule has 17 heavy (non-hydrogen) atoms. The molecular weight excluding hydrogens is 212 g/mol. The first-order valence-electron chi connectivity index (χ1n) is 6.34. The number of carbonyl (C=O) groups is 1. The van der Waals surface area contributed by atoms with E-state index < -0.39 is 0 Å². The summed E-state index contributed by atoms with van der Waals surface area (Å²) >= 11 is 0. The van der Waals surface area contributed by atoms with Crippen LogP contribution in [0.25, 0.3) is 0 Å². The van der Waals surface area contributed by atoms with Gasteiger partial charge in [-0.1, -0.05) is 24.6 Å². The summed E-state index contributed by atoms with van der Waals surface area (Å²) in [6.07, 6.45) is 3.31. The lowest BCUT2D eigenvalue weighted by atomic mass is 9.84. The number of amides is 1. The molecular formula is C14H20N2O. The minimum Gasteiger partial charge on any atom is -0.398 e. The van der Waals surface area contributed by atoms with Gasteiger partial charge in [0.25, 0.3) is 0 Å². The number of nitrogens with zero attached hydrogens (tertiary/aromatic N) is 1. The number of nitrogen functional groups attached to an aromatic ring is 1. The molecule has 0 unspecified atom stereocenters. The van der Waals surface area contributed by atoms with Crippen molar-refractivity contribution in [1.29, 1.82) is 0 Å². The fourth-order valence-electron chi connectivity index (χ4n) is 2.14. The van der Waals surface area contributed by atoms with Crippen molar-refractivity contribution in [3.8, 4) is 0 Å². The Hall–Kier alpha value is -1.51. The van der Waals surface area contributed by atoms with Gasteiger partial charge in [-0.05, 0) is 31.4 Å². The highest BCUT2D eigenvalue weighted by Gasteiger charge is 2.28. The molecule has 2 rings (SSSR count). The molecule has 0 saturated heterocycles. The van der Waals surface area contributed by atoms with Crippen molar-refractivity contribution >= 4 is 11.6 Å².